The van der Waals surface area contributed by atoms with E-state index in [0.717, 1.165) is 21.9 Å². The summed E-state index contributed by atoms with van der Waals surface area (Å²) in [4.78, 5) is 0. The van der Waals surface area contributed by atoms with Gasteiger partial charge in [0, 0.05) is 10.8 Å². The van der Waals surface area contributed by atoms with Gasteiger partial charge in [0.2, 0.25) is 0 Å². The fraction of sp³-hybridized carbons (Fsp3) is 0. The number of hydrogen-bond acceptors (Lipinski definition) is 1. The average molecular weight is 797 g/mol. The lowest BCUT2D eigenvalue weighted by molar-refractivity contribution is 0.669. The Hall–Kier alpha value is -8.26. The van der Waals surface area contributed by atoms with Crippen LogP contribution in [0.15, 0.2) is 223 Å². The molecule has 0 spiro atoms. The number of rotatable bonds is 3. The Bertz CT molecular complexity index is 4190. The number of hydrogen-bond donors (Lipinski definition) is 0. The monoisotopic (exact) mass is 796 g/mol. The van der Waals surface area contributed by atoms with Crippen molar-refractivity contribution < 1.29 is 4.42 Å². The Kier molecular flexibility index (Phi) is 7.17. The number of furan rings is 1. The predicted molar refractivity (Wildman–Crippen MR) is 270 cm³/mol. The zero-order chi connectivity index (χ0) is 41.2. The molecule has 1 nitrogen and oxygen atoms in total. The number of fused-ring (bicyclic) bond motifs is 16. The summed E-state index contributed by atoms with van der Waals surface area (Å²) in [5.74, 6) is 0. The highest BCUT2D eigenvalue weighted by atomic mass is 16.3. The molecular formula is C62H36O. The molecular weight excluding hydrogens is 761 g/mol. The first-order valence-electron chi connectivity index (χ1n) is 21.8. The second-order valence-corrected chi connectivity index (χ2v) is 17.1. The van der Waals surface area contributed by atoms with Crippen molar-refractivity contribution in [1.82, 2.24) is 0 Å². The molecule has 13 aromatic carbocycles. The third-order valence-corrected chi connectivity index (χ3v) is 13.8. The Morgan fingerprint density at radius 2 is 0.635 bits per heavy atom. The maximum Gasteiger partial charge on any atom is 0.136 e. The van der Waals surface area contributed by atoms with Gasteiger partial charge >= 0.3 is 0 Å². The van der Waals surface area contributed by atoms with Crippen molar-refractivity contribution in [2.45, 2.75) is 0 Å². The molecule has 0 unspecified atom stereocenters. The van der Waals surface area contributed by atoms with Crippen LogP contribution >= 0.6 is 0 Å². The van der Waals surface area contributed by atoms with Crippen molar-refractivity contribution >= 4 is 108 Å². The van der Waals surface area contributed by atoms with Gasteiger partial charge in [-0.3, -0.25) is 0 Å². The second kappa shape index (κ2) is 13.1. The Balaban J connectivity index is 0.967. The molecule has 1 aromatic heterocycles. The van der Waals surface area contributed by atoms with Gasteiger partial charge in [0.1, 0.15) is 11.2 Å². The Labute approximate surface area is 362 Å². The number of benzene rings is 13. The molecule has 0 bridgehead atoms. The molecule has 14 rings (SSSR count). The highest BCUT2D eigenvalue weighted by Gasteiger charge is 2.20. The predicted octanol–water partition coefficient (Wildman–Crippen LogP) is 17.8. The van der Waals surface area contributed by atoms with Gasteiger partial charge < -0.3 is 4.42 Å². The SMILES string of the molecule is c1ccc2c(c1)ccc1c3ccccc3c(-c3ccc(-c4c5ccccc5c(-c5ccc6c(c5)c5ccccc5c5cc7c(cc65)oc5ccccc57)c5ccccc45)cc3)cc21. The summed E-state index contributed by atoms with van der Waals surface area (Å²) < 4.78 is 6.43. The summed E-state index contributed by atoms with van der Waals surface area (Å²) in [6.45, 7) is 0. The summed E-state index contributed by atoms with van der Waals surface area (Å²) in [7, 11) is 0. The quantitative estimate of drug-likeness (QED) is 0.128. The maximum absolute atomic E-state index is 6.43. The van der Waals surface area contributed by atoms with Crippen molar-refractivity contribution in [3.8, 4) is 33.4 Å². The van der Waals surface area contributed by atoms with E-state index in [4.69, 9.17) is 4.42 Å². The van der Waals surface area contributed by atoms with Gasteiger partial charge in [-0.1, -0.05) is 188 Å². The van der Waals surface area contributed by atoms with Crippen LogP contribution in [0.5, 0.6) is 0 Å². The van der Waals surface area contributed by atoms with Crippen LogP contribution in [0.2, 0.25) is 0 Å². The highest BCUT2D eigenvalue weighted by Crippen LogP contribution is 2.47. The van der Waals surface area contributed by atoms with E-state index in [2.05, 4.69) is 212 Å². The minimum Gasteiger partial charge on any atom is -0.456 e. The van der Waals surface area contributed by atoms with Crippen LogP contribution in [0.3, 0.4) is 0 Å². The molecule has 14 aromatic rings. The highest BCUT2D eigenvalue weighted by molar-refractivity contribution is 6.30. The molecule has 1 heterocycles. The summed E-state index contributed by atoms with van der Waals surface area (Å²) in [5.41, 5.74) is 9.25. The smallest absolute Gasteiger partial charge is 0.136 e. The van der Waals surface area contributed by atoms with Crippen LogP contribution in [-0.4, -0.2) is 0 Å². The van der Waals surface area contributed by atoms with E-state index in [0.29, 0.717) is 0 Å². The first kappa shape index (κ1) is 34.5. The maximum atomic E-state index is 6.43. The lowest BCUT2D eigenvalue weighted by atomic mass is 9.84. The van der Waals surface area contributed by atoms with Crippen LogP contribution in [0.4, 0.5) is 0 Å². The van der Waals surface area contributed by atoms with E-state index in [-0.39, 0.29) is 0 Å². The van der Waals surface area contributed by atoms with E-state index in [1.807, 2.05) is 6.07 Å². The first-order chi connectivity index (χ1) is 31.2. The fourth-order valence-corrected chi connectivity index (χ4v) is 11.0. The molecule has 0 amide bonds. The van der Waals surface area contributed by atoms with Crippen molar-refractivity contribution in [2.24, 2.45) is 0 Å². The van der Waals surface area contributed by atoms with Crippen molar-refractivity contribution in [3.05, 3.63) is 218 Å². The van der Waals surface area contributed by atoms with Gasteiger partial charge in [-0.2, -0.15) is 0 Å². The van der Waals surface area contributed by atoms with Crippen molar-refractivity contribution in [1.29, 1.82) is 0 Å². The second-order valence-electron chi connectivity index (χ2n) is 17.1. The zero-order valence-corrected chi connectivity index (χ0v) is 34.2. The lowest BCUT2D eigenvalue weighted by Gasteiger charge is -2.19. The average Bonchev–Trinajstić information content (AvgIpc) is 3.72. The summed E-state index contributed by atoms with van der Waals surface area (Å²) in [6.07, 6.45) is 0. The third-order valence-electron chi connectivity index (χ3n) is 13.8. The molecule has 63 heavy (non-hydrogen) atoms. The molecule has 0 aliphatic rings. The minimum atomic E-state index is 0.921. The van der Waals surface area contributed by atoms with Crippen LogP contribution in [0, 0.1) is 0 Å². The van der Waals surface area contributed by atoms with Crippen molar-refractivity contribution in [3.63, 3.8) is 0 Å². The third kappa shape index (κ3) is 4.99. The van der Waals surface area contributed by atoms with E-state index in [9.17, 15) is 0 Å². The summed E-state index contributed by atoms with van der Waals surface area (Å²) in [6, 6.07) is 80.7. The van der Waals surface area contributed by atoms with Gasteiger partial charge in [0.25, 0.3) is 0 Å². The van der Waals surface area contributed by atoms with E-state index in [1.54, 1.807) is 0 Å². The van der Waals surface area contributed by atoms with Crippen LogP contribution in [0.25, 0.3) is 141 Å². The Morgan fingerprint density at radius 1 is 0.206 bits per heavy atom. The van der Waals surface area contributed by atoms with E-state index >= 15 is 0 Å². The van der Waals surface area contributed by atoms with Crippen LogP contribution < -0.4 is 0 Å². The molecule has 0 saturated carbocycles. The van der Waals surface area contributed by atoms with Crippen molar-refractivity contribution in [2.75, 3.05) is 0 Å². The van der Waals surface area contributed by atoms with Gasteiger partial charge in [-0.05, 0) is 150 Å². The van der Waals surface area contributed by atoms with E-state index < -0.39 is 0 Å². The fourth-order valence-electron chi connectivity index (χ4n) is 11.0. The van der Waals surface area contributed by atoms with Crippen LogP contribution in [-0.2, 0) is 0 Å². The van der Waals surface area contributed by atoms with Gasteiger partial charge in [-0.15, -0.1) is 0 Å². The molecule has 0 radical (unpaired) electrons. The molecule has 0 N–H and O–H groups in total. The number of para-hydroxylation sites is 1. The van der Waals surface area contributed by atoms with E-state index in [1.165, 1.54) is 120 Å². The van der Waals surface area contributed by atoms with Gasteiger partial charge in [0.15, 0.2) is 0 Å². The first-order valence-corrected chi connectivity index (χ1v) is 21.8. The summed E-state index contributed by atoms with van der Waals surface area (Å²) in [5, 5.41) is 22.4. The van der Waals surface area contributed by atoms with Gasteiger partial charge in [-0.25, -0.2) is 0 Å². The van der Waals surface area contributed by atoms with Gasteiger partial charge in [0.05, 0.1) is 0 Å². The van der Waals surface area contributed by atoms with Crippen LogP contribution in [0.1, 0.15) is 0 Å². The standard InChI is InChI=1S/C62H36O/c1-2-14-41-37(13-1)29-31-46-42-15-3-4-16-43(42)53(34-55(41)46)38-25-27-39(28-26-38)61-49-20-7-9-22-51(49)62(52-23-10-8-21-50(52)61)40-30-32-47-54(33-40)44-17-5-6-18-45(44)56-35-58-48-19-11-12-24-59(48)63-60(58)36-57(47)56/h1-36H. The largest absolute Gasteiger partial charge is 0.456 e. The Morgan fingerprint density at radius 3 is 1.32 bits per heavy atom. The molecule has 0 saturated heterocycles. The molecule has 0 atom stereocenters. The molecule has 0 aliphatic carbocycles. The molecule has 0 aliphatic heterocycles. The molecule has 0 fully saturated rings. The normalized spacial score (nSPS) is 12.1. The molecule has 290 valence electrons. The molecule has 1 heteroatoms. The topological polar surface area (TPSA) is 13.1 Å². The zero-order valence-electron chi connectivity index (χ0n) is 34.2. The lowest BCUT2D eigenvalue weighted by Crippen LogP contribution is -1.92. The summed E-state index contributed by atoms with van der Waals surface area (Å²) >= 11 is 0. The minimum absolute atomic E-state index is 0.921.